The van der Waals surface area contributed by atoms with Gasteiger partial charge in [0.2, 0.25) is 0 Å². The molecule has 1 atom stereocenters. The summed E-state index contributed by atoms with van der Waals surface area (Å²) in [6.07, 6.45) is 12.0. The topological polar surface area (TPSA) is 20.2 Å². The molecule has 0 aromatic rings. The normalized spacial score (nSPS) is 13.3. The molecule has 0 saturated heterocycles. The second-order valence-electron chi connectivity index (χ2n) is 4.36. The van der Waals surface area contributed by atoms with Crippen LogP contribution in [-0.2, 0) is 0 Å². The highest BCUT2D eigenvalue weighted by Crippen LogP contribution is 2.07. The number of hydrogen-bond donors (Lipinski definition) is 1. The van der Waals surface area contributed by atoms with Crippen molar-refractivity contribution in [3.05, 3.63) is 24.3 Å². The molecule has 88 valence electrons. The van der Waals surface area contributed by atoms with Gasteiger partial charge in [-0.25, -0.2) is 0 Å². The van der Waals surface area contributed by atoms with Gasteiger partial charge in [-0.1, -0.05) is 50.3 Å². The SMILES string of the molecule is C=C(C)CC(O)/C=C/CCCCCCC. The maximum Gasteiger partial charge on any atom is 0.0757 e. The van der Waals surface area contributed by atoms with Crippen LogP contribution in [0.25, 0.3) is 0 Å². The van der Waals surface area contributed by atoms with Crippen molar-refractivity contribution < 1.29 is 5.11 Å². The van der Waals surface area contributed by atoms with Crippen LogP contribution in [-0.4, -0.2) is 11.2 Å². The van der Waals surface area contributed by atoms with E-state index in [1.807, 2.05) is 13.0 Å². The first kappa shape index (κ1) is 14.4. The van der Waals surface area contributed by atoms with E-state index in [4.69, 9.17) is 0 Å². The largest absolute Gasteiger partial charge is 0.389 e. The number of aliphatic hydroxyl groups is 1. The highest BCUT2D eigenvalue weighted by molar-refractivity contribution is 4.98. The van der Waals surface area contributed by atoms with Crippen LogP contribution in [0.1, 0.15) is 58.8 Å². The third-order valence-corrected chi connectivity index (χ3v) is 2.39. The van der Waals surface area contributed by atoms with Crippen molar-refractivity contribution in [3.63, 3.8) is 0 Å². The van der Waals surface area contributed by atoms with E-state index < -0.39 is 0 Å². The Balaban J connectivity index is 3.33. The molecule has 0 rings (SSSR count). The van der Waals surface area contributed by atoms with Gasteiger partial charge in [0, 0.05) is 0 Å². The fraction of sp³-hybridized carbons (Fsp3) is 0.714. The molecule has 0 spiro atoms. The van der Waals surface area contributed by atoms with Crippen LogP contribution in [0.4, 0.5) is 0 Å². The summed E-state index contributed by atoms with van der Waals surface area (Å²) in [5.74, 6) is 0. The molecule has 0 heterocycles. The average Bonchev–Trinajstić information content (AvgIpc) is 2.15. The van der Waals surface area contributed by atoms with Gasteiger partial charge in [0.1, 0.15) is 0 Å². The molecule has 0 amide bonds. The second-order valence-corrected chi connectivity index (χ2v) is 4.36. The van der Waals surface area contributed by atoms with E-state index >= 15 is 0 Å². The van der Waals surface area contributed by atoms with Crippen LogP contribution < -0.4 is 0 Å². The molecule has 0 radical (unpaired) electrons. The molecular weight excluding hydrogens is 184 g/mol. The molecule has 1 heteroatoms. The van der Waals surface area contributed by atoms with Crippen molar-refractivity contribution in [2.24, 2.45) is 0 Å². The molecular formula is C14H26O. The smallest absolute Gasteiger partial charge is 0.0757 e. The molecule has 1 unspecified atom stereocenters. The molecule has 0 aromatic carbocycles. The molecule has 0 bridgehead atoms. The van der Waals surface area contributed by atoms with E-state index in [0.29, 0.717) is 6.42 Å². The van der Waals surface area contributed by atoms with Crippen molar-refractivity contribution >= 4 is 0 Å². The minimum Gasteiger partial charge on any atom is -0.389 e. The summed E-state index contributed by atoms with van der Waals surface area (Å²) >= 11 is 0. The van der Waals surface area contributed by atoms with Crippen molar-refractivity contribution in [1.82, 2.24) is 0 Å². The molecule has 0 saturated carbocycles. The zero-order valence-electron chi connectivity index (χ0n) is 10.3. The van der Waals surface area contributed by atoms with E-state index in [1.165, 1.54) is 32.1 Å². The van der Waals surface area contributed by atoms with E-state index in [9.17, 15) is 5.11 Å². The van der Waals surface area contributed by atoms with Gasteiger partial charge in [-0.15, -0.1) is 6.58 Å². The Bertz CT molecular complexity index is 182. The maximum atomic E-state index is 9.51. The zero-order valence-corrected chi connectivity index (χ0v) is 10.3. The van der Waals surface area contributed by atoms with Gasteiger partial charge >= 0.3 is 0 Å². The van der Waals surface area contributed by atoms with Gasteiger partial charge in [-0.05, 0) is 26.2 Å². The molecule has 0 aliphatic carbocycles. The Labute approximate surface area is 94.9 Å². The zero-order chi connectivity index (χ0) is 11.5. The fourth-order valence-corrected chi connectivity index (χ4v) is 1.54. The number of rotatable bonds is 9. The number of allylic oxidation sites excluding steroid dienone is 1. The first-order valence-corrected chi connectivity index (χ1v) is 6.16. The van der Waals surface area contributed by atoms with Gasteiger partial charge in [-0.3, -0.25) is 0 Å². The third kappa shape index (κ3) is 11.4. The lowest BCUT2D eigenvalue weighted by molar-refractivity contribution is 0.223. The van der Waals surface area contributed by atoms with Crippen molar-refractivity contribution in [3.8, 4) is 0 Å². The lowest BCUT2D eigenvalue weighted by Crippen LogP contribution is -2.01. The number of unbranched alkanes of at least 4 members (excludes halogenated alkanes) is 5. The van der Waals surface area contributed by atoms with Crippen molar-refractivity contribution in [2.45, 2.75) is 64.9 Å². The summed E-state index contributed by atoms with van der Waals surface area (Å²) in [6.45, 7) is 7.96. The summed E-state index contributed by atoms with van der Waals surface area (Å²) in [6, 6.07) is 0. The van der Waals surface area contributed by atoms with Gasteiger partial charge in [0.15, 0.2) is 0 Å². The molecule has 0 aliphatic rings. The first-order chi connectivity index (χ1) is 7.16. The van der Waals surface area contributed by atoms with Gasteiger partial charge in [0.05, 0.1) is 6.10 Å². The van der Waals surface area contributed by atoms with Crippen molar-refractivity contribution in [1.29, 1.82) is 0 Å². The van der Waals surface area contributed by atoms with Gasteiger partial charge < -0.3 is 5.11 Å². The van der Waals surface area contributed by atoms with E-state index in [0.717, 1.165) is 12.0 Å². The summed E-state index contributed by atoms with van der Waals surface area (Å²) in [4.78, 5) is 0. The summed E-state index contributed by atoms with van der Waals surface area (Å²) < 4.78 is 0. The van der Waals surface area contributed by atoms with E-state index in [2.05, 4.69) is 19.6 Å². The number of hydrogen-bond acceptors (Lipinski definition) is 1. The van der Waals surface area contributed by atoms with Gasteiger partial charge in [-0.2, -0.15) is 0 Å². The average molecular weight is 210 g/mol. The van der Waals surface area contributed by atoms with E-state index in [-0.39, 0.29) is 6.10 Å². The lowest BCUT2D eigenvalue weighted by atomic mass is 10.1. The second kappa shape index (κ2) is 9.97. The van der Waals surface area contributed by atoms with Crippen LogP contribution in [0.2, 0.25) is 0 Å². The Hall–Kier alpha value is -0.560. The van der Waals surface area contributed by atoms with E-state index in [1.54, 1.807) is 0 Å². The summed E-state index contributed by atoms with van der Waals surface area (Å²) in [7, 11) is 0. The van der Waals surface area contributed by atoms with Gasteiger partial charge in [0.25, 0.3) is 0 Å². The van der Waals surface area contributed by atoms with Crippen molar-refractivity contribution in [2.75, 3.05) is 0 Å². The van der Waals surface area contributed by atoms with Crippen LogP contribution in [0, 0.1) is 0 Å². The quantitative estimate of drug-likeness (QED) is 0.446. The highest BCUT2D eigenvalue weighted by atomic mass is 16.3. The lowest BCUT2D eigenvalue weighted by Gasteiger charge is -2.03. The predicted molar refractivity (Wildman–Crippen MR) is 68.0 cm³/mol. The molecule has 1 nitrogen and oxygen atoms in total. The minimum atomic E-state index is -0.335. The predicted octanol–water partition coefficient (Wildman–Crippen LogP) is 4.23. The first-order valence-electron chi connectivity index (χ1n) is 6.16. The highest BCUT2D eigenvalue weighted by Gasteiger charge is 1.97. The molecule has 0 aromatic heterocycles. The molecule has 0 fully saturated rings. The Morgan fingerprint density at radius 2 is 1.93 bits per heavy atom. The maximum absolute atomic E-state index is 9.51. The molecule has 0 aliphatic heterocycles. The fourth-order valence-electron chi connectivity index (χ4n) is 1.54. The standard InChI is InChI=1S/C14H26O/c1-4-5-6-7-8-9-10-11-14(15)12-13(2)3/h10-11,14-15H,2,4-9,12H2,1,3H3/b11-10+. The summed E-state index contributed by atoms with van der Waals surface area (Å²) in [5.41, 5.74) is 1.04. The van der Waals surface area contributed by atoms with Crippen LogP contribution >= 0.6 is 0 Å². The minimum absolute atomic E-state index is 0.335. The Kier molecular flexibility index (Phi) is 9.60. The monoisotopic (exact) mass is 210 g/mol. The third-order valence-electron chi connectivity index (χ3n) is 2.39. The Morgan fingerprint density at radius 3 is 2.53 bits per heavy atom. The van der Waals surface area contributed by atoms with Crippen LogP contribution in [0.3, 0.4) is 0 Å². The molecule has 1 N–H and O–H groups in total. The Morgan fingerprint density at radius 1 is 1.27 bits per heavy atom. The number of aliphatic hydroxyl groups excluding tert-OH is 1. The van der Waals surface area contributed by atoms with Crippen LogP contribution in [0.5, 0.6) is 0 Å². The molecule has 15 heavy (non-hydrogen) atoms. The van der Waals surface area contributed by atoms with Crippen LogP contribution in [0.15, 0.2) is 24.3 Å². The summed E-state index contributed by atoms with van der Waals surface area (Å²) in [5, 5.41) is 9.51.